The molecule has 108 valence electrons. The summed E-state index contributed by atoms with van der Waals surface area (Å²) >= 11 is 11.7. The number of carbonyl (C=O) groups excluding carboxylic acids is 1. The van der Waals surface area contributed by atoms with Crippen LogP contribution in [-0.2, 0) is 4.79 Å². The minimum atomic E-state index is -0.0621. The zero-order valence-electron chi connectivity index (χ0n) is 11.4. The summed E-state index contributed by atoms with van der Waals surface area (Å²) < 4.78 is 0. The van der Waals surface area contributed by atoms with E-state index >= 15 is 0 Å². The Kier molecular flexibility index (Phi) is 5.26. The van der Waals surface area contributed by atoms with Crippen LogP contribution in [0.4, 0.5) is 11.4 Å². The zero-order chi connectivity index (χ0) is 15.2. The van der Waals surface area contributed by atoms with Crippen molar-refractivity contribution in [3.05, 3.63) is 70.5 Å². The summed E-state index contributed by atoms with van der Waals surface area (Å²) in [5.74, 6) is 0.514. The summed E-state index contributed by atoms with van der Waals surface area (Å²) in [6.45, 7) is 1.49. The number of ketones is 1. The second-order valence-electron chi connectivity index (χ2n) is 4.43. The Morgan fingerprint density at radius 2 is 1.24 bits per heavy atom. The smallest absolute Gasteiger partial charge is 0.156 e. The number of hydrogen-bond acceptors (Lipinski definition) is 3. The van der Waals surface area contributed by atoms with E-state index in [4.69, 9.17) is 23.2 Å². The van der Waals surface area contributed by atoms with E-state index < -0.39 is 0 Å². The third-order valence-electron chi connectivity index (χ3n) is 2.59. The maximum atomic E-state index is 11.3. The van der Waals surface area contributed by atoms with Gasteiger partial charge in [-0.15, -0.1) is 0 Å². The predicted molar refractivity (Wildman–Crippen MR) is 88.9 cm³/mol. The van der Waals surface area contributed by atoms with Crippen LogP contribution in [0.1, 0.15) is 6.92 Å². The molecule has 0 saturated carbocycles. The molecule has 0 unspecified atom stereocenters. The van der Waals surface area contributed by atoms with Gasteiger partial charge in [0, 0.05) is 27.5 Å². The molecular weight excluding hydrogens is 307 g/mol. The van der Waals surface area contributed by atoms with E-state index in [1.807, 2.05) is 24.3 Å². The average molecular weight is 321 g/mol. The molecule has 0 aliphatic rings. The Morgan fingerprint density at radius 3 is 1.57 bits per heavy atom. The standard InChI is InChI=1S/C16H14Cl2N2O/c1-11(21)10-16(19-14-6-2-12(17)3-7-14)20-15-8-4-13(18)5-9-15/h2-10,19-20H,1H3. The Morgan fingerprint density at radius 1 is 0.857 bits per heavy atom. The van der Waals surface area contributed by atoms with Crippen LogP contribution in [0.25, 0.3) is 0 Å². The second kappa shape index (κ2) is 7.16. The van der Waals surface area contributed by atoms with Crippen LogP contribution in [0.3, 0.4) is 0 Å². The van der Waals surface area contributed by atoms with Crippen molar-refractivity contribution in [1.29, 1.82) is 0 Å². The molecular formula is C16H14Cl2N2O. The maximum absolute atomic E-state index is 11.3. The van der Waals surface area contributed by atoms with Crippen molar-refractivity contribution in [3.8, 4) is 0 Å². The monoisotopic (exact) mass is 320 g/mol. The molecule has 2 N–H and O–H groups in total. The van der Waals surface area contributed by atoms with Gasteiger partial charge in [0.25, 0.3) is 0 Å². The van der Waals surface area contributed by atoms with E-state index in [0.29, 0.717) is 15.9 Å². The first kappa shape index (κ1) is 15.4. The molecule has 0 amide bonds. The molecule has 5 heteroatoms. The first-order valence-electron chi connectivity index (χ1n) is 6.30. The van der Waals surface area contributed by atoms with E-state index in [1.54, 1.807) is 24.3 Å². The van der Waals surface area contributed by atoms with Gasteiger partial charge in [0.1, 0.15) is 5.82 Å². The third-order valence-corrected chi connectivity index (χ3v) is 3.10. The fourth-order valence-electron chi connectivity index (χ4n) is 1.68. The number of carbonyl (C=O) groups is 1. The molecule has 0 spiro atoms. The normalized spacial score (nSPS) is 9.86. The Balaban J connectivity index is 2.16. The van der Waals surface area contributed by atoms with Crippen molar-refractivity contribution < 1.29 is 4.79 Å². The van der Waals surface area contributed by atoms with Gasteiger partial charge in [0.05, 0.1) is 0 Å². The van der Waals surface area contributed by atoms with E-state index in [9.17, 15) is 4.79 Å². The van der Waals surface area contributed by atoms with Gasteiger partial charge in [-0.1, -0.05) is 23.2 Å². The number of nitrogens with one attached hydrogen (secondary N) is 2. The van der Waals surface area contributed by atoms with Crippen molar-refractivity contribution in [2.24, 2.45) is 0 Å². The van der Waals surface area contributed by atoms with Crippen LogP contribution in [0.15, 0.2) is 60.4 Å². The highest BCUT2D eigenvalue weighted by Gasteiger charge is 2.02. The minimum absolute atomic E-state index is 0.0621. The van der Waals surface area contributed by atoms with Gasteiger partial charge in [-0.3, -0.25) is 4.79 Å². The lowest BCUT2D eigenvalue weighted by molar-refractivity contribution is -0.112. The number of benzene rings is 2. The van der Waals surface area contributed by atoms with Crippen molar-refractivity contribution >= 4 is 40.4 Å². The fraction of sp³-hybridized carbons (Fsp3) is 0.0625. The van der Waals surface area contributed by atoms with Crippen LogP contribution in [0.5, 0.6) is 0 Å². The van der Waals surface area contributed by atoms with Crippen LogP contribution >= 0.6 is 23.2 Å². The summed E-state index contributed by atoms with van der Waals surface area (Å²) in [6, 6.07) is 14.4. The van der Waals surface area contributed by atoms with Crippen LogP contribution in [-0.4, -0.2) is 5.78 Å². The lowest BCUT2D eigenvalue weighted by Crippen LogP contribution is -2.11. The summed E-state index contributed by atoms with van der Waals surface area (Å²) in [5.41, 5.74) is 1.65. The highest BCUT2D eigenvalue weighted by Crippen LogP contribution is 2.18. The summed E-state index contributed by atoms with van der Waals surface area (Å²) in [5, 5.41) is 7.59. The fourth-order valence-corrected chi connectivity index (χ4v) is 1.94. The number of allylic oxidation sites excluding steroid dienone is 1. The molecule has 0 bridgehead atoms. The van der Waals surface area contributed by atoms with Gasteiger partial charge in [-0.2, -0.15) is 0 Å². The van der Waals surface area contributed by atoms with Crippen LogP contribution in [0, 0.1) is 0 Å². The molecule has 0 radical (unpaired) electrons. The van der Waals surface area contributed by atoms with Gasteiger partial charge in [0.2, 0.25) is 0 Å². The SMILES string of the molecule is CC(=O)C=C(Nc1ccc(Cl)cc1)Nc1ccc(Cl)cc1. The quantitative estimate of drug-likeness (QED) is 0.766. The summed E-state index contributed by atoms with van der Waals surface area (Å²) in [6.07, 6.45) is 1.49. The molecule has 0 atom stereocenters. The number of anilines is 2. The highest BCUT2D eigenvalue weighted by atomic mass is 35.5. The van der Waals surface area contributed by atoms with Gasteiger partial charge in [-0.25, -0.2) is 0 Å². The van der Waals surface area contributed by atoms with Crippen LogP contribution in [0.2, 0.25) is 10.0 Å². The predicted octanol–water partition coefficient (Wildman–Crippen LogP) is 4.95. The lowest BCUT2D eigenvalue weighted by atomic mass is 10.3. The summed E-state index contributed by atoms with van der Waals surface area (Å²) in [7, 11) is 0. The number of halogens is 2. The van der Waals surface area contributed by atoms with Crippen LogP contribution < -0.4 is 10.6 Å². The number of rotatable bonds is 5. The lowest BCUT2D eigenvalue weighted by Gasteiger charge is -2.13. The second-order valence-corrected chi connectivity index (χ2v) is 5.31. The molecule has 0 heterocycles. The Labute approximate surface area is 133 Å². The van der Waals surface area contributed by atoms with Gasteiger partial charge in [0.15, 0.2) is 5.78 Å². The molecule has 0 aliphatic carbocycles. The van der Waals surface area contributed by atoms with Gasteiger partial charge in [-0.05, 0) is 55.5 Å². The van der Waals surface area contributed by atoms with E-state index in [-0.39, 0.29) is 5.78 Å². The van der Waals surface area contributed by atoms with Crippen molar-refractivity contribution in [2.75, 3.05) is 10.6 Å². The first-order valence-corrected chi connectivity index (χ1v) is 7.06. The molecule has 2 aromatic carbocycles. The molecule has 0 aliphatic heterocycles. The molecule has 0 fully saturated rings. The van der Waals surface area contributed by atoms with E-state index in [1.165, 1.54) is 13.0 Å². The van der Waals surface area contributed by atoms with E-state index in [2.05, 4.69) is 10.6 Å². The molecule has 3 nitrogen and oxygen atoms in total. The molecule has 2 rings (SSSR count). The Hall–Kier alpha value is -1.97. The largest absolute Gasteiger partial charge is 0.342 e. The molecule has 0 aromatic heterocycles. The first-order chi connectivity index (χ1) is 10.0. The zero-order valence-corrected chi connectivity index (χ0v) is 12.9. The topological polar surface area (TPSA) is 41.1 Å². The molecule has 2 aromatic rings. The highest BCUT2D eigenvalue weighted by molar-refractivity contribution is 6.30. The van der Waals surface area contributed by atoms with Crippen molar-refractivity contribution in [2.45, 2.75) is 6.92 Å². The van der Waals surface area contributed by atoms with Gasteiger partial charge < -0.3 is 10.6 Å². The van der Waals surface area contributed by atoms with Crippen molar-refractivity contribution in [3.63, 3.8) is 0 Å². The molecule has 21 heavy (non-hydrogen) atoms. The van der Waals surface area contributed by atoms with Gasteiger partial charge >= 0.3 is 0 Å². The van der Waals surface area contributed by atoms with Crippen molar-refractivity contribution in [1.82, 2.24) is 0 Å². The Bertz CT molecular complexity index is 599. The third kappa shape index (κ3) is 5.14. The number of hydrogen-bond donors (Lipinski definition) is 2. The van der Waals surface area contributed by atoms with E-state index in [0.717, 1.165) is 11.4 Å². The maximum Gasteiger partial charge on any atom is 0.156 e. The minimum Gasteiger partial charge on any atom is -0.342 e. The average Bonchev–Trinajstić information content (AvgIpc) is 2.43. The summed E-state index contributed by atoms with van der Waals surface area (Å²) in [4.78, 5) is 11.3. The molecule has 0 saturated heterocycles.